The summed E-state index contributed by atoms with van der Waals surface area (Å²) >= 11 is 0. The number of benzene rings is 2. The molecule has 3 rings (SSSR count). The number of nitrogens with zero attached hydrogens (tertiary/aromatic N) is 2. The highest BCUT2D eigenvalue weighted by atomic mass is 35.5. The topological polar surface area (TPSA) is 8.81 Å². The van der Waals surface area contributed by atoms with Crippen LogP contribution in [0.1, 0.15) is 17.2 Å². The molecule has 3 aromatic rings. The number of aromatic nitrogens is 2. The Morgan fingerprint density at radius 2 is 1.35 bits per heavy atom. The third-order valence-corrected chi connectivity index (χ3v) is 3.32. The van der Waals surface area contributed by atoms with Crippen molar-refractivity contribution in [2.24, 2.45) is 7.05 Å². The molecule has 0 aliphatic heterocycles. The lowest BCUT2D eigenvalue weighted by Gasteiger charge is -2.14. The van der Waals surface area contributed by atoms with Gasteiger partial charge in [-0.3, -0.25) is 0 Å². The first-order valence-corrected chi connectivity index (χ1v) is 6.47. The van der Waals surface area contributed by atoms with Gasteiger partial charge in [0.15, 0.2) is 6.04 Å². The van der Waals surface area contributed by atoms with E-state index >= 15 is 0 Å². The fourth-order valence-corrected chi connectivity index (χ4v) is 2.43. The largest absolute Gasteiger partial charge is 1.00 e. The van der Waals surface area contributed by atoms with E-state index in [0.29, 0.717) is 0 Å². The third kappa shape index (κ3) is 2.91. The van der Waals surface area contributed by atoms with Crippen molar-refractivity contribution in [2.75, 3.05) is 0 Å². The van der Waals surface area contributed by atoms with Gasteiger partial charge in [-0.2, -0.15) is 0 Å². The Morgan fingerprint density at radius 1 is 0.850 bits per heavy atom. The SMILES string of the molecule is C[n+]1ccn(C(c2ccccc2)c2ccccc2)c1.[Cl-]. The van der Waals surface area contributed by atoms with Gasteiger partial charge in [0.05, 0.1) is 7.05 Å². The van der Waals surface area contributed by atoms with E-state index in [-0.39, 0.29) is 18.4 Å². The zero-order chi connectivity index (χ0) is 13.1. The quantitative estimate of drug-likeness (QED) is 0.597. The van der Waals surface area contributed by atoms with E-state index < -0.39 is 0 Å². The fourth-order valence-electron chi connectivity index (χ4n) is 2.43. The van der Waals surface area contributed by atoms with Gasteiger partial charge < -0.3 is 12.4 Å². The minimum atomic E-state index is 0. The molecular formula is C17H17ClN2. The molecule has 0 atom stereocenters. The highest BCUT2D eigenvalue weighted by Gasteiger charge is 2.20. The lowest BCUT2D eigenvalue weighted by atomic mass is 9.99. The number of hydrogen-bond acceptors (Lipinski definition) is 0. The zero-order valence-electron chi connectivity index (χ0n) is 11.4. The van der Waals surface area contributed by atoms with Gasteiger partial charge in [-0.25, -0.2) is 9.13 Å². The van der Waals surface area contributed by atoms with Crippen molar-refractivity contribution in [1.29, 1.82) is 0 Å². The Bertz CT molecular complexity index is 608. The van der Waals surface area contributed by atoms with Crippen LogP contribution in [0.3, 0.4) is 0 Å². The smallest absolute Gasteiger partial charge is 0.244 e. The maximum Gasteiger partial charge on any atom is 0.244 e. The van der Waals surface area contributed by atoms with Crippen LogP contribution < -0.4 is 17.0 Å². The van der Waals surface area contributed by atoms with Crippen LogP contribution in [0, 0.1) is 0 Å². The van der Waals surface area contributed by atoms with Crippen molar-refractivity contribution >= 4 is 0 Å². The molecule has 1 aromatic heterocycles. The van der Waals surface area contributed by atoms with E-state index in [9.17, 15) is 0 Å². The summed E-state index contributed by atoms with van der Waals surface area (Å²) in [5.41, 5.74) is 2.59. The van der Waals surface area contributed by atoms with Gasteiger partial charge >= 0.3 is 0 Å². The van der Waals surface area contributed by atoms with E-state index in [1.807, 2.05) is 7.05 Å². The lowest BCUT2D eigenvalue weighted by molar-refractivity contribution is -0.671. The predicted molar refractivity (Wildman–Crippen MR) is 75.7 cm³/mol. The molecule has 0 fully saturated rings. The first-order chi connectivity index (χ1) is 9.34. The summed E-state index contributed by atoms with van der Waals surface area (Å²) in [5, 5.41) is 0. The average molecular weight is 285 g/mol. The second-order valence-corrected chi connectivity index (χ2v) is 4.75. The Labute approximate surface area is 125 Å². The van der Waals surface area contributed by atoms with E-state index in [4.69, 9.17) is 0 Å². The second-order valence-electron chi connectivity index (χ2n) is 4.75. The summed E-state index contributed by atoms with van der Waals surface area (Å²) in [6, 6.07) is 21.4. The highest BCUT2D eigenvalue weighted by molar-refractivity contribution is 5.32. The molecule has 0 aliphatic carbocycles. The molecule has 0 radical (unpaired) electrons. The minimum absolute atomic E-state index is 0. The molecule has 0 N–H and O–H groups in total. The summed E-state index contributed by atoms with van der Waals surface area (Å²) in [7, 11) is 2.05. The van der Waals surface area contributed by atoms with Crippen LogP contribution >= 0.6 is 0 Å². The zero-order valence-corrected chi connectivity index (χ0v) is 12.1. The van der Waals surface area contributed by atoms with Crippen molar-refractivity contribution in [3.8, 4) is 0 Å². The molecule has 1 heterocycles. The van der Waals surface area contributed by atoms with Crippen molar-refractivity contribution < 1.29 is 17.0 Å². The number of rotatable bonds is 3. The van der Waals surface area contributed by atoms with Gasteiger partial charge in [-0.15, -0.1) is 0 Å². The Hall–Kier alpha value is -2.06. The van der Waals surface area contributed by atoms with Gasteiger partial charge in [0.1, 0.15) is 12.4 Å². The van der Waals surface area contributed by atoms with Crippen LogP contribution in [0.15, 0.2) is 79.4 Å². The number of halogens is 1. The Morgan fingerprint density at radius 3 is 1.75 bits per heavy atom. The molecule has 0 saturated carbocycles. The van der Waals surface area contributed by atoms with Crippen molar-refractivity contribution in [2.45, 2.75) is 6.04 Å². The molecule has 102 valence electrons. The first-order valence-electron chi connectivity index (χ1n) is 6.47. The third-order valence-electron chi connectivity index (χ3n) is 3.32. The molecule has 3 heteroatoms. The number of imidazole rings is 1. The van der Waals surface area contributed by atoms with Crippen LogP contribution in [-0.2, 0) is 7.05 Å². The lowest BCUT2D eigenvalue weighted by Crippen LogP contribution is -3.00. The maximum absolute atomic E-state index is 2.24. The van der Waals surface area contributed by atoms with Gasteiger partial charge in [-0.1, -0.05) is 60.7 Å². The first kappa shape index (κ1) is 14.4. The summed E-state index contributed by atoms with van der Waals surface area (Å²) in [4.78, 5) is 0. The average Bonchev–Trinajstić information content (AvgIpc) is 2.88. The molecule has 2 nitrogen and oxygen atoms in total. The van der Waals surface area contributed by atoms with E-state index in [2.05, 4.69) is 88.5 Å². The van der Waals surface area contributed by atoms with Crippen molar-refractivity contribution in [3.63, 3.8) is 0 Å². The monoisotopic (exact) mass is 284 g/mol. The summed E-state index contributed by atoms with van der Waals surface area (Å²) in [5.74, 6) is 0. The molecule has 0 unspecified atom stereocenters. The normalized spacial score (nSPS) is 10.3. The van der Waals surface area contributed by atoms with E-state index in [1.165, 1.54) is 11.1 Å². The number of hydrogen-bond donors (Lipinski definition) is 0. The maximum atomic E-state index is 2.24. The van der Waals surface area contributed by atoms with E-state index in [0.717, 1.165) is 0 Å². The van der Waals surface area contributed by atoms with Crippen molar-refractivity contribution in [1.82, 2.24) is 4.57 Å². The second kappa shape index (κ2) is 6.40. The molecular weight excluding hydrogens is 268 g/mol. The van der Waals surface area contributed by atoms with Gasteiger partial charge in [0.25, 0.3) is 0 Å². The predicted octanol–water partition coefficient (Wildman–Crippen LogP) is -0.0457. The molecule has 2 aromatic carbocycles. The molecule has 0 spiro atoms. The van der Waals surface area contributed by atoms with Crippen LogP contribution in [0.2, 0.25) is 0 Å². The summed E-state index contributed by atoms with van der Waals surface area (Å²) in [6.07, 6.45) is 6.30. The molecule has 0 aliphatic rings. The molecule has 0 bridgehead atoms. The number of aryl methyl sites for hydroxylation is 1. The van der Waals surface area contributed by atoms with Crippen LogP contribution in [0.5, 0.6) is 0 Å². The summed E-state index contributed by atoms with van der Waals surface area (Å²) in [6.45, 7) is 0. The van der Waals surface area contributed by atoms with Crippen LogP contribution in [0.25, 0.3) is 0 Å². The van der Waals surface area contributed by atoms with Gasteiger partial charge in [0.2, 0.25) is 6.33 Å². The minimum Gasteiger partial charge on any atom is -1.00 e. The molecule has 20 heavy (non-hydrogen) atoms. The fraction of sp³-hybridized carbons (Fsp3) is 0.118. The van der Waals surface area contributed by atoms with Crippen molar-refractivity contribution in [3.05, 3.63) is 90.5 Å². The van der Waals surface area contributed by atoms with Gasteiger partial charge in [0, 0.05) is 11.1 Å². The molecule has 0 saturated heterocycles. The van der Waals surface area contributed by atoms with E-state index in [1.54, 1.807) is 0 Å². The molecule has 0 amide bonds. The Balaban J connectivity index is 0.00000147. The van der Waals surface area contributed by atoms with Crippen LogP contribution in [-0.4, -0.2) is 4.57 Å². The standard InChI is InChI=1S/C17H17N2.ClH/c1-18-12-13-19(14-18)17(15-8-4-2-5-9-15)16-10-6-3-7-11-16;/h2-14,17H,1H3;1H/q+1;/p-1. The Kier molecular flexibility index (Phi) is 4.59. The highest BCUT2D eigenvalue weighted by Crippen LogP contribution is 2.25. The van der Waals surface area contributed by atoms with Crippen LogP contribution in [0.4, 0.5) is 0 Å². The summed E-state index contributed by atoms with van der Waals surface area (Å²) < 4.78 is 4.31. The van der Waals surface area contributed by atoms with Gasteiger partial charge in [-0.05, 0) is 0 Å².